The van der Waals surface area contributed by atoms with E-state index in [1.54, 1.807) is 38.3 Å². The zero-order chi connectivity index (χ0) is 33.2. The van der Waals surface area contributed by atoms with Gasteiger partial charge in [0.25, 0.3) is 11.5 Å². The van der Waals surface area contributed by atoms with E-state index in [0.29, 0.717) is 17.1 Å². The van der Waals surface area contributed by atoms with Gasteiger partial charge >= 0.3 is 0 Å². The van der Waals surface area contributed by atoms with Crippen LogP contribution in [-0.2, 0) is 18.3 Å². The SMILES string of the molecule is COc1nc(-c2ccc(F)c(-c3cccc(NC(=O)c4ccnn(C)c4=O)c3Cl)c2Cl)cc2c1[C@@H](N1CC3(CN(C(C)=O)C3)C1)CC2. The van der Waals surface area contributed by atoms with Crippen LogP contribution in [0.4, 0.5) is 10.1 Å². The predicted molar refractivity (Wildman–Crippen MR) is 176 cm³/mol. The lowest BCUT2D eigenvalue weighted by atomic mass is 9.72. The Bertz CT molecular complexity index is 2020. The van der Waals surface area contributed by atoms with Crippen LogP contribution in [0.15, 0.2) is 53.5 Å². The maximum Gasteiger partial charge on any atom is 0.279 e. The van der Waals surface area contributed by atoms with Gasteiger partial charge in [-0.25, -0.2) is 14.1 Å². The lowest BCUT2D eigenvalue weighted by molar-refractivity contribution is -0.161. The molecule has 2 aromatic heterocycles. The molecule has 242 valence electrons. The molecule has 2 amide bonds. The van der Waals surface area contributed by atoms with Gasteiger partial charge in [-0.05, 0) is 48.7 Å². The Morgan fingerprint density at radius 3 is 2.55 bits per heavy atom. The highest BCUT2D eigenvalue weighted by Gasteiger charge is 2.55. The second-order valence-corrected chi connectivity index (χ2v) is 13.3. The fourth-order valence-corrected chi connectivity index (χ4v) is 7.77. The highest BCUT2D eigenvalue weighted by atomic mass is 35.5. The number of halogens is 3. The Labute approximate surface area is 280 Å². The summed E-state index contributed by atoms with van der Waals surface area (Å²) >= 11 is 13.7. The van der Waals surface area contributed by atoms with Gasteiger partial charge < -0.3 is 15.0 Å². The van der Waals surface area contributed by atoms with E-state index in [-0.39, 0.29) is 49.8 Å². The molecule has 1 atom stereocenters. The van der Waals surface area contributed by atoms with Crippen LogP contribution in [-0.4, -0.2) is 69.7 Å². The van der Waals surface area contributed by atoms with E-state index in [4.69, 9.17) is 32.9 Å². The van der Waals surface area contributed by atoms with E-state index < -0.39 is 17.3 Å². The van der Waals surface area contributed by atoms with Crippen LogP contribution < -0.4 is 15.6 Å². The molecule has 4 aromatic rings. The average Bonchev–Trinajstić information content (AvgIpc) is 3.42. The van der Waals surface area contributed by atoms with Crippen LogP contribution in [0, 0.1) is 11.2 Å². The summed E-state index contributed by atoms with van der Waals surface area (Å²) in [6.07, 6.45) is 3.09. The zero-order valence-electron chi connectivity index (χ0n) is 25.9. The lowest BCUT2D eigenvalue weighted by Crippen LogP contribution is -2.72. The van der Waals surface area contributed by atoms with Crippen molar-refractivity contribution < 1.29 is 18.7 Å². The molecule has 2 saturated heterocycles. The molecule has 0 unspecified atom stereocenters. The molecule has 1 aliphatic carbocycles. The number of fused-ring (bicyclic) bond motifs is 1. The minimum absolute atomic E-state index is 0.0511. The molecule has 0 bridgehead atoms. The third-order valence-electron chi connectivity index (χ3n) is 9.47. The lowest BCUT2D eigenvalue weighted by Gasteiger charge is -2.61. The highest BCUT2D eigenvalue weighted by Crippen LogP contribution is 2.50. The monoisotopic (exact) mass is 676 g/mol. The summed E-state index contributed by atoms with van der Waals surface area (Å²) in [4.78, 5) is 46.2. The molecule has 2 aromatic carbocycles. The van der Waals surface area contributed by atoms with Gasteiger partial charge in [0.2, 0.25) is 11.8 Å². The quantitative estimate of drug-likeness (QED) is 0.293. The van der Waals surface area contributed by atoms with Crippen molar-refractivity contribution in [3.8, 4) is 28.3 Å². The van der Waals surface area contributed by atoms with Crippen molar-refractivity contribution in [1.29, 1.82) is 0 Å². The summed E-state index contributed by atoms with van der Waals surface area (Å²) in [5, 5.41) is 6.64. The number of aryl methyl sites for hydroxylation is 2. The number of anilines is 1. The molecule has 2 fully saturated rings. The Balaban J connectivity index is 1.18. The Hall–Kier alpha value is -4.32. The third kappa shape index (κ3) is 5.26. The number of benzene rings is 2. The summed E-state index contributed by atoms with van der Waals surface area (Å²) in [5.41, 5.74) is 3.18. The number of hydrogen-bond acceptors (Lipinski definition) is 7. The van der Waals surface area contributed by atoms with Crippen molar-refractivity contribution >= 4 is 40.7 Å². The Morgan fingerprint density at radius 2 is 1.83 bits per heavy atom. The Morgan fingerprint density at radius 1 is 1.06 bits per heavy atom. The van der Waals surface area contributed by atoms with Crippen molar-refractivity contribution in [2.24, 2.45) is 12.5 Å². The van der Waals surface area contributed by atoms with E-state index >= 15 is 4.39 Å². The van der Waals surface area contributed by atoms with Crippen molar-refractivity contribution in [3.63, 3.8) is 0 Å². The van der Waals surface area contributed by atoms with E-state index in [0.717, 1.165) is 54.8 Å². The first-order valence-electron chi connectivity index (χ1n) is 15.2. The average molecular weight is 678 g/mol. The number of nitrogens with zero attached hydrogens (tertiary/aromatic N) is 5. The molecule has 4 heterocycles. The first-order chi connectivity index (χ1) is 22.5. The molecule has 3 aliphatic rings. The minimum atomic E-state index is -0.681. The largest absolute Gasteiger partial charge is 0.481 e. The molecule has 1 spiro atoms. The van der Waals surface area contributed by atoms with E-state index in [1.165, 1.54) is 25.4 Å². The van der Waals surface area contributed by atoms with Gasteiger partial charge in [0.1, 0.15) is 11.4 Å². The molecule has 10 nitrogen and oxygen atoms in total. The highest BCUT2D eigenvalue weighted by molar-refractivity contribution is 6.39. The van der Waals surface area contributed by atoms with Crippen LogP contribution in [0.25, 0.3) is 22.4 Å². The van der Waals surface area contributed by atoms with Gasteiger partial charge in [-0.3, -0.25) is 19.3 Å². The molecule has 13 heteroatoms. The van der Waals surface area contributed by atoms with E-state index in [1.807, 2.05) is 11.0 Å². The van der Waals surface area contributed by atoms with Crippen LogP contribution in [0.1, 0.15) is 40.9 Å². The maximum atomic E-state index is 15.5. The van der Waals surface area contributed by atoms with Crippen molar-refractivity contribution in [3.05, 3.63) is 91.6 Å². The maximum absolute atomic E-state index is 15.5. The number of likely N-dealkylation sites (tertiary alicyclic amines) is 2. The summed E-state index contributed by atoms with van der Waals surface area (Å²) in [6.45, 7) is 5.09. The number of carbonyl (C=O) groups is 2. The van der Waals surface area contributed by atoms with Gasteiger partial charge in [-0.2, -0.15) is 5.10 Å². The summed E-state index contributed by atoms with van der Waals surface area (Å²) in [6, 6.07) is 11.1. The molecule has 0 saturated carbocycles. The normalized spacial score (nSPS) is 18.0. The number of carbonyl (C=O) groups excluding carboxylic acids is 2. The van der Waals surface area contributed by atoms with Crippen LogP contribution in [0.5, 0.6) is 5.88 Å². The number of pyridine rings is 1. The van der Waals surface area contributed by atoms with Crippen LogP contribution >= 0.6 is 23.2 Å². The first-order valence-corrected chi connectivity index (χ1v) is 15.9. The second kappa shape index (κ2) is 11.7. The fraction of sp³-hybridized carbons (Fsp3) is 0.324. The molecule has 1 N–H and O–H groups in total. The van der Waals surface area contributed by atoms with Crippen LogP contribution in [0.3, 0.4) is 0 Å². The number of ether oxygens (including phenoxy) is 1. The van der Waals surface area contributed by atoms with Crippen LogP contribution in [0.2, 0.25) is 10.0 Å². The standard InChI is InChI=1S/C34H31Cl2FN6O4/c1-18(44)42-14-34(15-42)16-43(17-34)26-10-7-19-13-25(40-32(47-3)27(19)26)20-8-9-23(37)28(30(20)36)21-5-4-6-24(29(21)35)39-31(45)22-11-12-38-41(2)33(22)46/h4-6,8-9,11-13,26H,7,10,14-17H2,1-3H3,(H,39,45)/t26-/m0/s1. The summed E-state index contributed by atoms with van der Waals surface area (Å²) in [7, 11) is 3.03. The Kier molecular flexibility index (Phi) is 7.81. The first kappa shape index (κ1) is 31.3. The predicted octanol–water partition coefficient (Wildman–Crippen LogP) is 5.37. The molecule has 7 rings (SSSR count). The number of hydrogen-bond donors (Lipinski definition) is 1. The van der Waals surface area contributed by atoms with Gasteiger partial charge in [-0.1, -0.05) is 35.3 Å². The number of aromatic nitrogens is 3. The fourth-order valence-electron chi connectivity index (χ4n) is 7.15. The van der Waals surface area contributed by atoms with Crippen molar-refractivity contribution in [2.75, 3.05) is 38.6 Å². The minimum Gasteiger partial charge on any atom is -0.481 e. The van der Waals surface area contributed by atoms with E-state index in [2.05, 4.69) is 15.3 Å². The van der Waals surface area contributed by atoms with Gasteiger partial charge in [0, 0.05) is 80.1 Å². The topological polar surface area (TPSA) is 110 Å². The number of amides is 2. The van der Waals surface area contributed by atoms with E-state index in [9.17, 15) is 14.4 Å². The van der Waals surface area contributed by atoms with Gasteiger partial charge in [0.05, 0.1) is 28.5 Å². The summed E-state index contributed by atoms with van der Waals surface area (Å²) < 4.78 is 22.4. The zero-order valence-corrected chi connectivity index (χ0v) is 27.5. The second-order valence-electron chi connectivity index (χ2n) is 12.5. The molecule has 2 aliphatic heterocycles. The third-order valence-corrected chi connectivity index (χ3v) is 10.3. The molecular formula is C34H31Cl2FN6O4. The molecule has 0 radical (unpaired) electrons. The van der Waals surface area contributed by atoms with Gasteiger partial charge in [-0.15, -0.1) is 0 Å². The smallest absolute Gasteiger partial charge is 0.279 e. The number of rotatable bonds is 6. The van der Waals surface area contributed by atoms with Gasteiger partial charge in [0.15, 0.2) is 0 Å². The number of nitrogens with one attached hydrogen (secondary N) is 1. The van der Waals surface area contributed by atoms with Crippen molar-refractivity contribution in [1.82, 2.24) is 24.6 Å². The number of methoxy groups -OCH3 is 1. The summed E-state index contributed by atoms with van der Waals surface area (Å²) in [5.74, 6) is -0.658. The molecule has 47 heavy (non-hydrogen) atoms. The molecular weight excluding hydrogens is 646 g/mol. The van der Waals surface area contributed by atoms with Crippen molar-refractivity contribution in [2.45, 2.75) is 25.8 Å².